The number of carbonyl (C=O) groups is 1. The number of hydrogen-bond acceptors (Lipinski definition) is 5. The van der Waals surface area contributed by atoms with Crippen molar-refractivity contribution in [1.82, 2.24) is 9.88 Å². The van der Waals surface area contributed by atoms with Gasteiger partial charge in [0.05, 0.1) is 5.39 Å². The van der Waals surface area contributed by atoms with Crippen LogP contribution in [0.1, 0.15) is 51.5 Å². The number of hydrogen-bond donors (Lipinski definition) is 0. The fourth-order valence-corrected chi connectivity index (χ4v) is 3.31. The Morgan fingerprint density at radius 3 is 2.81 bits per heavy atom. The van der Waals surface area contributed by atoms with E-state index in [1.165, 1.54) is 0 Å². The Morgan fingerprint density at radius 1 is 1.42 bits per heavy atom. The van der Waals surface area contributed by atoms with Gasteiger partial charge in [0, 0.05) is 25.7 Å². The van der Waals surface area contributed by atoms with Gasteiger partial charge in [-0.3, -0.25) is 0 Å². The molecular formula is C20H25N3O3. The van der Waals surface area contributed by atoms with Crippen LogP contribution in [-0.4, -0.2) is 34.7 Å². The normalized spacial score (nSPS) is 15.8. The third kappa shape index (κ3) is 4.34. The summed E-state index contributed by atoms with van der Waals surface area (Å²) in [5, 5.41) is 9.90. The Hall–Kier alpha value is -2.55. The minimum atomic E-state index is -0.452. The molecule has 1 fully saturated rings. The van der Waals surface area contributed by atoms with Gasteiger partial charge in [-0.1, -0.05) is 0 Å². The predicted molar refractivity (Wildman–Crippen MR) is 97.6 cm³/mol. The van der Waals surface area contributed by atoms with Gasteiger partial charge in [0.25, 0.3) is 0 Å². The molecule has 6 nitrogen and oxygen atoms in total. The van der Waals surface area contributed by atoms with Gasteiger partial charge in [-0.15, -0.1) is 0 Å². The first-order valence-electron chi connectivity index (χ1n) is 9.11. The van der Waals surface area contributed by atoms with Crippen molar-refractivity contribution in [1.29, 1.82) is 5.26 Å². The second kappa shape index (κ2) is 7.36. The van der Waals surface area contributed by atoms with Crippen molar-refractivity contribution in [2.45, 2.75) is 52.1 Å². The zero-order valence-corrected chi connectivity index (χ0v) is 15.6. The van der Waals surface area contributed by atoms with Crippen LogP contribution in [0.5, 0.6) is 0 Å². The number of aromatic nitrogens is 1. The van der Waals surface area contributed by atoms with Gasteiger partial charge >= 0.3 is 6.09 Å². The van der Waals surface area contributed by atoms with E-state index in [4.69, 9.17) is 14.4 Å². The summed E-state index contributed by atoms with van der Waals surface area (Å²) in [5.41, 5.74) is 0.668. The second-order valence-electron chi connectivity index (χ2n) is 7.85. The molecule has 1 saturated heterocycles. The van der Waals surface area contributed by atoms with E-state index in [0.29, 0.717) is 17.2 Å². The topological polar surface area (TPSA) is 79.4 Å². The van der Waals surface area contributed by atoms with Gasteiger partial charge in [0.1, 0.15) is 23.0 Å². The van der Waals surface area contributed by atoms with E-state index in [1.54, 1.807) is 17.2 Å². The second-order valence-corrected chi connectivity index (χ2v) is 7.85. The van der Waals surface area contributed by atoms with Crippen molar-refractivity contribution in [2.75, 3.05) is 13.1 Å². The summed E-state index contributed by atoms with van der Waals surface area (Å²) < 4.78 is 11.3. The Bertz CT molecular complexity index is 821. The van der Waals surface area contributed by atoms with Crippen LogP contribution >= 0.6 is 0 Å². The maximum atomic E-state index is 12.1. The molecule has 1 aliphatic rings. The van der Waals surface area contributed by atoms with Crippen LogP contribution in [-0.2, 0) is 11.2 Å². The minimum Gasteiger partial charge on any atom is -0.461 e. The van der Waals surface area contributed by atoms with E-state index in [1.807, 2.05) is 26.8 Å². The first kappa shape index (κ1) is 18.2. The smallest absolute Gasteiger partial charge is 0.410 e. The van der Waals surface area contributed by atoms with Crippen LogP contribution < -0.4 is 0 Å². The molecule has 0 radical (unpaired) electrons. The molecule has 1 aliphatic heterocycles. The maximum Gasteiger partial charge on any atom is 0.410 e. The van der Waals surface area contributed by atoms with Crippen LogP contribution in [0.2, 0.25) is 0 Å². The summed E-state index contributed by atoms with van der Waals surface area (Å²) in [5.74, 6) is 1.45. The highest BCUT2D eigenvalue weighted by molar-refractivity contribution is 5.82. The summed E-state index contributed by atoms with van der Waals surface area (Å²) in [6, 6.07) is 5.82. The third-order valence-corrected chi connectivity index (χ3v) is 4.67. The molecule has 0 unspecified atom stereocenters. The van der Waals surface area contributed by atoms with Crippen LogP contribution in [0.15, 0.2) is 22.7 Å². The molecule has 2 aromatic rings. The van der Waals surface area contributed by atoms with Gasteiger partial charge in [-0.05, 0) is 58.1 Å². The molecule has 138 valence electrons. The minimum absolute atomic E-state index is 0.218. The Balaban J connectivity index is 1.51. The fourth-order valence-electron chi connectivity index (χ4n) is 3.31. The van der Waals surface area contributed by atoms with E-state index < -0.39 is 5.60 Å². The molecule has 3 heterocycles. The first-order valence-corrected chi connectivity index (χ1v) is 9.11. The summed E-state index contributed by atoms with van der Waals surface area (Å²) in [4.78, 5) is 18.0. The number of nitrogens with zero attached hydrogens (tertiary/aromatic N) is 3. The molecule has 6 heteroatoms. The highest BCUT2D eigenvalue weighted by atomic mass is 16.6. The van der Waals surface area contributed by atoms with Crippen molar-refractivity contribution < 1.29 is 13.9 Å². The number of likely N-dealkylation sites (tertiary alicyclic amines) is 1. The molecule has 2 aromatic heterocycles. The predicted octanol–water partition coefficient (Wildman–Crippen LogP) is 4.28. The van der Waals surface area contributed by atoms with Crippen molar-refractivity contribution >= 4 is 17.1 Å². The standard InChI is InChI=1S/C20H25N3O3/c1-20(2,3)26-19(24)23-10-7-14(8-11-23)4-5-15-12-16-17(13-21)22-9-6-18(16)25-15/h6,9,12,14H,4-5,7-8,10-11H2,1-3H3. The molecule has 0 aromatic carbocycles. The number of amides is 1. The van der Waals surface area contributed by atoms with E-state index in [-0.39, 0.29) is 6.09 Å². The van der Waals surface area contributed by atoms with Crippen LogP contribution in [0, 0.1) is 17.2 Å². The summed E-state index contributed by atoms with van der Waals surface area (Å²) in [7, 11) is 0. The molecule has 0 N–H and O–H groups in total. The monoisotopic (exact) mass is 355 g/mol. The molecule has 26 heavy (non-hydrogen) atoms. The lowest BCUT2D eigenvalue weighted by atomic mass is 9.92. The molecule has 0 bridgehead atoms. The van der Waals surface area contributed by atoms with Crippen LogP contribution in [0.25, 0.3) is 11.0 Å². The first-order chi connectivity index (χ1) is 12.4. The highest BCUT2D eigenvalue weighted by Gasteiger charge is 2.26. The molecule has 0 aliphatic carbocycles. The van der Waals surface area contributed by atoms with Gasteiger partial charge in [-0.25, -0.2) is 9.78 Å². The zero-order valence-electron chi connectivity index (χ0n) is 15.6. The van der Waals surface area contributed by atoms with Crippen molar-refractivity contribution in [3.63, 3.8) is 0 Å². The number of aryl methyl sites for hydroxylation is 1. The lowest BCUT2D eigenvalue weighted by Gasteiger charge is -2.33. The number of carbonyl (C=O) groups excluding carboxylic acids is 1. The van der Waals surface area contributed by atoms with E-state index in [9.17, 15) is 4.79 Å². The van der Waals surface area contributed by atoms with E-state index in [0.717, 1.165) is 49.9 Å². The SMILES string of the molecule is CC(C)(C)OC(=O)N1CCC(CCc2cc3c(C#N)nccc3o2)CC1. The Morgan fingerprint density at radius 2 is 2.15 bits per heavy atom. The quantitative estimate of drug-likeness (QED) is 0.821. The number of fused-ring (bicyclic) bond motifs is 1. The van der Waals surface area contributed by atoms with Crippen molar-refractivity contribution in [3.05, 3.63) is 29.8 Å². The van der Waals surface area contributed by atoms with Gasteiger partial charge in [0.2, 0.25) is 0 Å². The van der Waals surface area contributed by atoms with Crippen LogP contribution in [0.4, 0.5) is 4.79 Å². The third-order valence-electron chi connectivity index (χ3n) is 4.67. The summed E-state index contributed by atoms with van der Waals surface area (Å²) in [6.07, 6.45) is 5.17. The maximum absolute atomic E-state index is 12.1. The van der Waals surface area contributed by atoms with Gasteiger partial charge in [0.15, 0.2) is 5.69 Å². The van der Waals surface area contributed by atoms with Crippen LogP contribution in [0.3, 0.4) is 0 Å². The average molecular weight is 355 g/mol. The molecular weight excluding hydrogens is 330 g/mol. The zero-order chi connectivity index (χ0) is 18.7. The largest absolute Gasteiger partial charge is 0.461 e. The lowest BCUT2D eigenvalue weighted by molar-refractivity contribution is 0.0181. The molecule has 1 amide bonds. The number of ether oxygens (including phenoxy) is 1. The molecule has 0 saturated carbocycles. The number of nitriles is 1. The number of piperidine rings is 1. The van der Waals surface area contributed by atoms with Crippen molar-refractivity contribution in [3.8, 4) is 6.07 Å². The van der Waals surface area contributed by atoms with Gasteiger partial charge < -0.3 is 14.1 Å². The summed E-state index contributed by atoms with van der Waals surface area (Å²) in [6.45, 7) is 7.14. The molecule has 3 rings (SSSR count). The number of furan rings is 1. The Labute approximate surface area is 153 Å². The average Bonchev–Trinajstić information content (AvgIpc) is 3.02. The highest BCUT2D eigenvalue weighted by Crippen LogP contribution is 2.26. The van der Waals surface area contributed by atoms with E-state index >= 15 is 0 Å². The van der Waals surface area contributed by atoms with E-state index in [2.05, 4.69) is 11.1 Å². The number of pyridine rings is 1. The Kier molecular flexibility index (Phi) is 5.17. The fraction of sp³-hybridized carbons (Fsp3) is 0.550. The number of rotatable bonds is 3. The van der Waals surface area contributed by atoms with Crippen molar-refractivity contribution in [2.24, 2.45) is 5.92 Å². The van der Waals surface area contributed by atoms with Gasteiger partial charge in [-0.2, -0.15) is 5.26 Å². The molecule has 0 atom stereocenters. The summed E-state index contributed by atoms with van der Waals surface area (Å²) >= 11 is 0. The molecule has 0 spiro atoms. The lowest BCUT2D eigenvalue weighted by Crippen LogP contribution is -2.41.